The van der Waals surface area contributed by atoms with E-state index < -0.39 is 11.6 Å². The molecule has 0 radical (unpaired) electrons. The molecule has 0 aliphatic carbocycles. The van der Waals surface area contributed by atoms with E-state index in [0.29, 0.717) is 10.8 Å². The summed E-state index contributed by atoms with van der Waals surface area (Å²) in [6.07, 6.45) is 2.80. The highest BCUT2D eigenvalue weighted by molar-refractivity contribution is 7.14. The molecule has 0 saturated heterocycles. The number of thiazole rings is 1. The van der Waals surface area contributed by atoms with Crippen LogP contribution in [0.4, 0.5) is 15.2 Å². The zero-order valence-corrected chi connectivity index (χ0v) is 16.6. The van der Waals surface area contributed by atoms with E-state index in [1.807, 2.05) is 32.0 Å². The summed E-state index contributed by atoms with van der Waals surface area (Å²) in [4.78, 5) is 30.4. The number of hydrogen-bond donors (Lipinski definition) is 0. The van der Waals surface area contributed by atoms with Crippen LogP contribution in [0.2, 0.25) is 0 Å². The highest BCUT2D eigenvalue weighted by Crippen LogP contribution is 2.30. The number of rotatable bonds is 5. The number of allylic oxidation sites excluding steroid dienone is 1. The average Bonchev–Trinajstić information content (AvgIpc) is 3.11. The van der Waals surface area contributed by atoms with Gasteiger partial charge >= 0.3 is 0 Å². The molecule has 1 aromatic heterocycles. The molecule has 0 bridgehead atoms. The third-order valence-electron chi connectivity index (χ3n) is 4.31. The fourth-order valence-electron chi connectivity index (χ4n) is 2.66. The van der Waals surface area contributed by atoms with Crippen LogP contribution in [0.5, 0.6) is 0 Å². The SMILES string of the molecule is CC(=O)N(c1ccc(C)c(C)c1)c1nc(/C=C/C(=O)c2ccccc2F)cs1. The van der Waals surface area contributed by atoms with Crippen molar-refractivity contribution < 1.29 is 14.0 Å². The third kappa shape index (κ3) is 4.23. The molecule has 1 amide bonds. The number of ketones is 1. The lowest BCUT2D eigenvalue weighted by Gasteiger charge is -2.19. The predicted octanol–water partition coefficient (Wildman–Crippen LogP) is 5.48. The minimum absolute atomic E-state index is 0.00898. The van der Waals surface area contributed by atoms with Gasteiger partial charge in [0.1, 0.15) is 5.82 Å². The van der Waals surface area contributed by atoms with Crippen molar-refractivity contribution in [3.05, 3.63) is 82.1 Å². The molecule has 4 nitrogen and oxygen atoms in total. The summed E-state index contributed by atoms with van der Waals surface area (Å²) in [5.41, 5.74) is 3.50. The largest absolute Gasteiger partial charge is 0.289 e. The van der Waals surface area contributed by atoms with Crippen molar-refractivity contribution in [2.75, 3.05) is 4.90 Å². The van der Waals surface area contributed by atoms with Gasteiger partial charge in [-0.3, -0.25) is 14.5 Å². The van der Waals surface area contributed by atoms with Crippen molar-refractivity contribution in [2.45, 2.75) is 20.8 Å². The van der Waals surface area contributed by atoms with Gasteiger partial charge in [0.25, 0.3) is 0 Å². The topological polar surface area (TPSA) is 50.3 Å². The standard InChI is InChI=1S/C22H19FN2O2S/c1-14-8-10-18(12-15(14)2)25(16(3)26)22-24-17(13-28-22)9-11-21(27)19-6-4-5-7-20(19)23/h4-13H,1-3H3/b11-9+. The number of anilines is 2. The first-order chi connectivity index (χ1) is 13.4. The first-order valence-electron chi connectivity index (χ1n) is 8.67. The number of amides is 1. The van der Waals surface area contributed by atoms with E-state index in [9.17, 15) is 14.0 Å². The molecule has 6 heteroatoms. The molecule has 0 atom stereocenters. The first-order valence-corrected chi connectivity index (χ1v) is 9.55. The molecule has 0 unspecified atom stereocenters. The average molecular weight is 394 g/mol. The van der Waals surface area contributed by atoms with Crippen LogP contribution < -0.4 is 4.90 Å². The number of carbonyl (C=O) groups excluding carboxylic acids is 2. The summed E-state index contributed by atoms with van der Waals surface area (Å²) in [5, 5.41) is 2.26. The first kappa shape index (κ1) is 19.6. The van der Waals surface area contributed by atoms with Gasteiger partial charge in [-0.2, -0.15) is 0 Å². The van der Waals surface area contributed by atoms with Gasteiger partial charge in [0, 0.05) is 12.3 Å². The van der Waals surface area contributed by atoms with Crippen LogP contribution in [0, 0.1) is 19.7 Å². The maximum absolute atomic E-state index is 13.7. The maximum atomic E-state index is 13.7. The van der Waals surface area contributed by atoms with E-state index in [1.165, 1.54) is 53.5 Å². The minimum atomic E-state index is -0.561. The Morgan fingerprint density at radius 1 is 1.11 bits per heavy atom. The van der Waals surface area contributed by atoms with Crippen molar-refractivity contribution in [1.29, 1.82) is 0 Å². The molecular weight excluding hydrogens is 375 g/mol. The highest BCUT2D eigenvalue weighted by atomic mass is 32.1. The smallest absolute Gasteiger partial charge is 0.230 e. The Morgan fingerprint density at radius 2 is 1.86 bits per heavy atom. The Morgan fingerprint density at radius 3 is 2.54 bits per heavy atom. The second-order valence-electron chi connectivity index (χ2n) is 6.36. The van der Waals surface area contributed by atoms with Gasteiger partial charge in [-0.1, -0.05) is 18.2 Å². The molecule has 0 fully saturated rings. The quantitative estimate of drug-likeness (QED) is 0.425. The molecule has 3 aromatic rings. The summed E-state index contributed by atoms with van der Waals surface area (Å²) in [7, 11) is 0. The number of carbonyl (C=O) groups is 2. The van der Waals surface area contributed by atoms with Gasteiger partial charge < -0.3 is 0 Å². The lowest BCUT2D eigenvalue weighted by molar-refractivity contribution is -0.115. The van der Waals surface area contributed by atoms with Crippen LogP contribution in [0.1, 0.15) is 34.1 Å². The fourth-order valence-corrected chi connectivity index (χ4v) is 3.51. The number of aromatic nitrogens is 1. The van der Waals surface area contributed by atoms with Crippen LogP contribution in [-0.4, -0.2) is 16.7 Å². The van der Waals surface area contributed by atoms with Crippen molar-refractivity contribution in [1.82, 2.24) is 4.98 Å². The lowest BCUT2D eigenvalue weighted by Crippen LogP contribution is -2.22. The zero-order chi connectivity index (χ0) is 20.3. The minimum Gasteiger partial charge on any atom is -0.289 e. The lowest BCUT2D eigenvalue weighted by atomic mass is 10.1. The number of aryl methyl sites for hydroxylation is 2. The third-order valence-corrected chi connectivity index (χ3v) is 5.15. The van der Waals surface area contributed by atoms with Crippen LogP contribution in [0.15, 0.2) is 53.9 Å². The Labute approximate surface area is 167 Å². The Hall–Kier alpha value is -3.12. The number of nitrogens with zero attached hydrogens (tertiary/aromatic N) is 2. The summed E-state index contributed by atoms with van der Waals surface area (Å²) in [5.74, 6) is -1.16. The summed E-state index contributed by atoms with van der Waals surface area (Å²) >= 11 is 1.30. The van der Waals surface area contributed by atoms with Crippen LogP contribution in [-0.2, 0) is 4.79 Å². The van der Waals surface area contributed by atoms with Crippen LogP contribution >= 0.6 is 11.3 Å². The van der Waals surface area contributed by atoms with Gasteiger partial charge in [-0.25, -0.2) is 9.37 Å². The predicted molar refractivity (Wildman–Crippen MR) is 111 cm³/mol. The Balaban J connectivity index is 1.85. The number of halogens is 1. The fraction of sp³-hybridized carbons (Fsp3) is 0.136. The van der Waals surface area contributed by atoms with E-state index in [-0.39, 0.29) is 11.5 Å². The van der Waals surface area contributed by atoms with Gasteiger partial charge in [-0.15, -0.1) is 11.3 Å². The number of hydrogen-bond acceptors (Lipinski definition) is 4. The van der Waals surface area contributed by atoms with Crippen molar-refractivity contribution in [2.24, 2.45) is 0 Å². The van der Waals surface area contributed by atoms with E-state index in [2.05, 4.69) is 4.98 Å². The Kier molecular flexibility index (Phi) is 5.80. The summed E-state index contributed by atoms with van der Waals surface area (Å²) < 4.78 is 13.7. The molecular formula is C22H19FN2O2S. The molecule has 142 valence electrons. The normalized spacial score (nSPS) is 11.0. The molecule has 0 aliphatic rings. The number of benzene rings is 2. The second-order valence-corrected chi connectivity index (χ2v) is 7.19. The van der Waals surface area contributed by atoms with E-state index >= 15 is 0 Å². The van der Waals surface area contributed by atoms with Crippen LogP contribution in [0.25, 0.3) is 6.08 Å². The van der Waals surface area contributed by atoms with E-state index in [4.69, 9.17) is 0 Å². The van der Waals surface area contributed by atoms with Crippen molar-refractivity contribution in [3.63, 3.8) is 0 Å². The van der Waals surface area contributed by atoms with Gasteiger partial charge in [0.15, 0.2) is 10.9 Å². The highest BCUT2D eigenvalue weighted by Gasteiger charge is 2.18. The molecule has 0 spiro atoms. The van der Waals surface area contributed by atoms with Gasteiger partial charge in [-0.05, 0) is 61.4 Å². The maximum Gasteiger partial charge on any atom is 0.230 e. The zero-order valence-electron chi connectivity index (χ0n) is 15.8. The summed E-state index contributed by atoms with van der Waals surface area (Å²) in [6, 6.07) is 11.6. The second kappa shape index (κ2) is 8.27. The molecule has 2 aromatic carbocycles. The Bertz CT molecular complexity index is 1070. The van der Waals surface area contributed by atoms with Crippen molar-refractivity contribution in [3.8, 4) is 0 Å². The molecule has 28 heavy (non-hydrogen) atoms. The molecule has 0 N–H and O–H groups in total. The monoisotopic (exact) mass is 394 g/mol. The van der Waals surface area contributed by atoms with E-state index in [0.717, 1.165) is 16.8 Å². The van der Waals surface area contributed by atoms with Crippen LogP contribution in [0.3, 0.4) is 0 Å². The molecule has 0 saturated carbocycles. The van der Waals surface area contributed by atoms with Gasteiger partial charge in [0.05, 0.1) is 16.9 Å². The van der Waals surface area contributed by atoms with Gasteiger partial charge in [0.2, 0.25) is 5.91 Å². The summed E-state index contributed by atoms with van der Waals surface area (Å²) in [6.45, 7) is 5.48. The molecule has 0 aliphatic heterocycles. The van der Waals surface area contributed by atoms with E-state index in [1.54, 1.807) is 11.4 Å². The molecule has 3 rings (SSSR count). The van der Waals surface area contributed by atoms with Crippen molar-refractivity contribution >= 4 is 39.9 Å². The molecule has 1 heterocycles.